The molecule has 0 heterocycles. The Labute approximate surface area is 142 Å². The van der Waals surface area contributed by atoms with Crippen molar-refractivity contribution in [1.82, 2.24) is 5.32 Å². The zero-order chi connectivity index (χ0) is 16.7. The summed E-state index contributed by atoms with van der Waals surface area (Å²) in [6.45, 7) is 11.0. The minimum absolute atomic E-state index is 0.697. The Morgan fingerprint density at radius 2 is 0.957 bits per heavy atom. The summed E-state index contributed by atoms with van der Waals surface area (Å²) in [5, 5.41) is 3.65. The van der Waals surface area contributed by atoms with E-state index in [0.717, 1.165) is 25.9 Å². The SMILES string of the molecule is CC(C)Cc1ccccc1CNCc1ccccc1CC(C)C. The molecule has 1 N–H and O–H groups in total. The Bertz CT molecular complexity index is 545. The highest BCUT2D eigenvalue weighted by Gasteiger charge is 2.06. The normalized spacial score (nSPS) is 11.4. The molecule has 0 amide bonds. The highest BCUT2D eigenvalue weighted by molar-refractivity contribution is 5.29. The lowest BCUT2D eigenvalue weighted by molar-refractivity contribution is 0.621. The third kappa shape index (κ3) is 5.84. The summed E-state index contributed by atoms with van der Waals surface area (Å²) >= 11 is 0. The monoisotopic (exact) mass is 309 g/mol. The van der Waals surface area contributed by atoms with E-state index in [1.807, 2.05) is 0 Å². The van der Waals surface area contributed by atoms with Gasteiger partial charge in [-0.1, -0.05) is 76.2 Å². The fourth-order valence-electron chi connectivity index (χ4n) is 3.07. The number of rotatable bonds is 8. The molecule has 0 aliphatic heterocycles. The van der Waals surface area contributed by atoms with E-state index in [4.69, 9.17) is 0 Å². The van der Waals surface area contributed by atoms with E-state index < -0.39 is 0 Å². The Balaban J connectivity index is 1.98. The average Bonchev–Trinajstić information content (AvgIpc) is 2.49. The molecule has 2 aromatic carbocycles. The molecule has 0 spiro atoms. The van der Waals surface area contributed by atoms with Crippen molar-refractivity contribution >= 4 is 0 Å². The van der Waals surface area contributed by atoms with Crippen molar-refractivity contribution < 1.29 is 0 Å². The lowest BCUT2D eigenvalue weighted by Gasteiger charge is -2.15. The van der Waals surface area contributed by atoms with E-state index in [1.165, 1.54) is 22.3 Å². The molecule has 0 aromatic heterocycles. The Kier molecular flexibility index (Phi) is 6.85. The third-order valence-electron chi connectivity index (χ3n) is 4.12. The molecule has 0 unspecified atom stereocenters. The average molecular weight is 309 g/mol. The summed E-state index contributed by atoms with van der Waals surface area (Å²) in [5.74, 6) is 1.39. The van der Waals surface area contributed by atoms with Crippen molar-refractivity contribution in [3.05, 3.63) is 70.8 Å². The van der Waals surface area contributed by atoms with Gasteiger partial charge in [0.1, 0.15) is 0 Å². The molecule has 124 valence electrons. The second kappa shape index (κ2) is 8.88. The van der Waals surface area contributed by atoms with Crippen LogP contribution in [0.4, 0.5) is 0 Å². The van der Waals surface area contributed by atoms with Gasteiger partial charge in [0.25, 0.3) is 0 Å². The molecule has 2 rings (SSSR count). The maximum atomic E-state index is 3.65. The molecule has 0 saturated heterocycles. The summed E-state index contributed by atoms with van der Waals surface area (Å²) in [6, 6.07) is 17.6. The Morgan fingerprint density at radius 3 is 1.30 bits per heavy atom. The predicted molar refractivity (Wildman–Crippen MR) is 101 cm³/mol. The van der Waals surface area contributed by atoms with E-state index in [0.29, 0.717) is 11.8 Å². The van der Waals surface area contributed by atoms with Crippen LogP contribution in [0, 0.1) is 11.8 Å². The van der Waals surface area contributed by atoms with E-state index >= 15 is 0 Å². The molecule has 0 fully saturated rings. The number of benzene rings is 2. The van der Waals surface area contributed by atoms with Gasteiger partial charge in [-0.3, -0.25) is 0 Å². The second-order valence-corrected chi connectivity index (χ2v) is 7.34. The van der Waals surface area contributed by atoms with Crippen molar-refractivity contribution in [1.29, 1.82) is 0 Å². The van der Waals surface area contributed by atoms with Crippen LogP contribution in [0.5, 0.6) is 0 Å². The second-order valence-electron chi connectivity index (χ2n) is 7.34. The van der Waals surface area contributed by atoms with Gasteiger partial charge in [-0.15, -0.1) is 0 Å². The minimum atomic E-state index is 0.697. The van der Waals surface area contributed by atoms with Crippen LogP contribution in [0.25, 0.3) is 0 Å². The van der Waals surface area contributed by atoms with Gasteiger partial charge in [0.2, 0.25) is 0 Å². The topological polar surface area (TPSA) is 12.0 Å². The van der Waals surface area contributed by atoms with Crippen LogP contribution in [-0.4, -0.2) is 0 Å². The van der Waals surface area contributed by atoms with Crippen LogP contribution in [0.3, 0.4) is 0 Å². The van der Waals surface area contributed by atoms with Gasteiger partial charge < -0.3 is 5.32 Å². The van der Waals surface area contributed by atoms with Gasteiger partial charge in [-0.25, -0.2) is 0 Å². The van der Waals surface area contributed by atoms with Crippen LogP contribution in [0.1, 0.15) is 49.9 Å². The van der Waals surface area contributed by atoms with Gasteiger partial charge in [-0.05, 0) is 46.9 Å². The summed E-state index contributed by atoms with van der Waals surface area (Å²) in [6.07, 6.45) is 2.31. The molecular formula is C22H31N. The fraction of sp³-hybridized carbons (Fsp3) is 0.455. The minimum Gasteiger partial charge on any atom is -0.309 e. The highest BCUT2D eigenvalue weighted by atomic mass is 14.8. The highest BCUT2D eigenvalue weighted by Crippen LogP contribution is 2.16. The molecule has 23 heavy (non-hydrogen) atoms. The molecule has 2 aromatic rings. The van der Waals surface area contributed by atoms with Crippen LogP contribution in [0.2, 0.25) is 0 Å². The van der Waals surface area contributed by atoms with Crippen molar-refractivity contribution in [2.24, 2.45) is 11.8 Å². The summed E-state index contributed by atoms with van der Waals surface area (Å²) in [4.78, 5) is 0. The summed E-state index contributed by atoms with van der Waals surface area (Å²) in [5.41, 5.74) is 5.82. The fourth-order valence-corrected chi connectivity index (χ4v) is 3.07. The molecule has 1 nitrogen and oxygen atoms in total. The van der Waals surface area contributed by atoms with E-state index in [1.54, 1.807) is 0 Å². The zero-order valence-corrected chi connectivity index (χ0v) is 15.1. The van der Waals surface area contributed by atoms with Crippen molar-refractivity contribution in [3.63, 3.8) is 0 Å². The standard InChI is InChI=1S/C22H31N/c1-17(2)13-19-9-5-7-11-21(19)15-23-16-22-12-8-6-10-20(22)14-18(3)4/h5-12,17-18,23H,13-16H2,1-4H3. The Hall–Kier alpha value is -1.60. The lowest BCUT2D eigenvalue weighted by atomic mass is 9.97. The molecular weight excluding hydrogens is 278 g/mol. The van der Waals surface area contributed by atoms with E-state index in [9.17, 15) is 0 Å². The molecule has 0 aliphatic carbocycles. The van der Waals surface area contributed by atoms with Crippen LogP contribution in [-0.2, 0) is 25.9 Å². The summed E-state index contributed by atoms with van der Waals surface area (Å²) < 4.78 is 0. The van der Waals surface area contributed by atoms with Gasteiger partial charge in [0.05, 0.1) is 0 Å². The van der Waals surface area contributed by atoms with Crippen molar-refractivity contribution in [2.45, 2.75) is 53.6 Å². The van der Waals surface area contributed by atoms with Gasteiger partial charge in [0, 0.05) is 13.1 Å². The maximum Gasteiger partial charge on any atom is 0.0211 e. The third-order valence-corrected chi connectivity index (χ3v) is 4.12. The van der Waals surface area contributed by atoms with Crippen molar-refractivity contribution in [3.8, 4) is 0 Å². The first-order valence-electron chi connectivity index (χ1n) is 8.90. The molecule has 0 saturated carbocycles. The molecule has 0 atom stereocenters. The van der Waals surface area contributed by atoms with Crippen LogP contribution in [0.15, 0.2) is 48.5 Å². The van der Waals surface area contributed by atoms with Gasteiger partial charge in [0.15, 0.2) is 0 Å². The Morgan fingerprint density at radius 1 is 0.609 bits per heavy atom. The number of nitrogens with one attached hydrogen (secondary N) is 1. The van der Waals surface area contributed by atoms with E-state index in [-0.39, 0.29) is 0 Å². The van der Waals surface area contributed by atoms with Crippen LogP contribution < -0.4 is 5.32 Å². The first kappa shape index (κ1) is 17.7. The quantitative estimate of drug-likeness (QED) is 0.691. The van der Waals surface area contributed by atoms with Crippen molar-refractivity contribution in [2.75, 3.05) is 0 Å². The summed E-state index contributed by atoms with van der Waals surface area (Å²) in [7, 11) is 0. The number of hydrogen-bond acceptors (Lipinski definition) is 1. The maximum absolute atomic E-state index is 3.65. The first-order chi connectivity index (χ1) is 11.1. The first-order valence-corrected chi connectivity index (χ1v) is 8.90. The molecule has 0 aliphatic rings. The molecule has 0 radical (unpaired) electrons. The zero-order valence-electron chi connectivity index (χ0n) is 15.1. The molecule has 1 heteroatoms. The predicted octanol–water partition coefficient (Wildman–Crippen LogP) is 5.37. The van der Waals surface area contributed by atoms with E-state index in [2.05, 4.69) is 81.5 Å². The van der Waals surface area contributed by atoms with Crippen LogP contribution >= 0.6 is 0 Å². The van der Waals surface area contributed by atoms with Gasteiger partial charge in [-0.2, -0.15) is 0 Å². The van der Waals surface area contributed by atoms with Gasteiger partial charge >= 0.3 is 0 Å². The largest absolute Gasteiger partial charge is 0.309 e. The smallest absolute Gasteiger partial charge is 0.0211 e. The lowest BCUT2D eigenvalue weighted by Crippen LogP contribution is -2.16. The molecule has 0 bridgehead atoms. The number of hydrogen-bond donors (Lipinski definition) is 1.